The lowest BCUT2D eigenvalue weighted by molar-refractivity contribution is -0.138. The molecule has 2 aliphatic heterocycles. The van der Waals surface area contributed by atoms with Crippen molar-refractivity contribution in [1.29, 1.82) is 0 Å². The average Bonchev–Trinajstić information content (AvgIpc) is 3.12. The van der Waals surface area contributed by atoms with Crippen LogP contribution < -0.4 is 16.0 Å². The van der Waals surface area contributed by atoms with E-state index in [9.17, 15) is 19.2 Å². The van der Waals surface area contributed by atoms with Crippen LogP contribution in [0.25, 0.3) is 0 Å². The summed E-state index contributed by atoms with van der Waals surface area (Å²) in [6, 6.07) is 21.4. The molecule has 1 fully saturated rings. The molecule has 0 radical (unpaired) electrons. The predicted octanol–water partition coefficient (Wildman–Crippen LogP) is 7.07. The molecule has 3 aromatic rings. The largest absolute Gasteiger partial charge is 0.444 e. The highest BCUT2D eigenvalue weighted by Crippen LogP contribution is 2.33. The van der Waals surface area contributed by atoms with Crippen molar-refractivity contribution in [2.45, 2.75) is 103 Å². The van der Waals surface area contributed by atoms with Crippen LogP contribution in [0.2, 0.25) is 5.02 Å². The van der Waals surface area contributed by atoms with E-state index < -0.39 is 41.4 Å². The summed E-state index contributed by atoms with van der Waals surface area (Å²) in [4.78, 5) is 57.4. The standard InChI is InChI=1S/C42H54ClN5O6/c1-41(2,3)53-39(51)45-22-21-44-34-14-10-9-13-33(34)29-19-23-47(24-20-29)38(50)35(25-28-15-17-32(43)18-16-28)46-37(49)36-26-30-11-7-8-12-31(30)27-48(36)40(52)54-42(4,5)6/h7-18,29,35-36,44H,19-27H2,1-6H3,(H,45,51)(H,46,49). The monoisotopic (exact) mass is 759 g/mol. The van der Waals surface area contributed by atoms with Gasteiger partial charge in [0.05, 0.1) is 6.54 Å². The van der Waals surface area contributed by atoms with Crippen LogP contribution in [-0.2, 0) is 38.4 Å². The second-order valence-corrected chi connectivity index (χ2v) is 16.5. The van der Waals surface area contributed by atoms with Crippen molar-refractivity contribution in [1.82, 2.24) is 20.4 Å². The van der Waals surface area contributed by atoms with E-state index in [1.807, 2.05) is 80.3 Å². The molecule has 3 N–H and O–H groups in total. The smallest absolute Gasteiger partial charge is 0.411 e. The number of nitrogens with one attached hydrogen (secondary N) is 3. The maximum atomic E-state index is 14.3. The maximum absolute atomic E-state index is 14.3. The number of carbonyl (C=O) groups excluding carboxylic acids is 4. The van der Waals surface area contributed by atoms with E-state index >= 15 is 0 Å². The van der Waals surface area contributed by atoms with E-state index in [2.05, 4.69) is 22.0 Å². The molecule has 4 amide bonds. The maximum Gasteiger partial charge on any atom is 0.411 e. The highest BCUT2D eigenvalue weighted by Gasteiger charge is 2.39. The number of fused-ring (bicyclic) bond motifs is 1. The van der Waals surface area contributed by atoms with E-state index in [0.717, 1.165) is 40.8 Å². The van der Waals surface area contributed by atoms with Crippen molar-refractivity contribution in [3.05, 3.63) is 100 Å². The average molecular weight is 760 g/mol. The topological polar surface area (TPSA) is 129 Å². The van der Waals surface area contributed by atoms with Gasteiger partial charge >= 0.3 is 12.2 Å². The summed E-state index contributed by atoms with van der Waals surface area (Å²) in [6.07, 6.45) is 1.03. The Bertz CT molecular complexity index is 1780. The fraction of sp³-hybridized carbons (Fsp3) is 0.476. The molecule has 11 nitrogen and oxygen atoms in total. The third kappa shape index (κ3) is 11.4. The molecular formula is C42H54ClN5O6. The molecule has 2 aliphatic rings. The van der Waals surface area contributed by atoms with Gasteiger partial charge in [-0.1, -0.05) is 66.2 Å². The van der Waals surface area contributed by atoms with Crippen molar-refractivity contribution >= 4 is 41.3 Å². The fourth-order valence-electron chi connectivity index (χ4n) is 6.92. The number of amides is 4. The quantitative estimate of drug-likeness (QED) is 0.189. The van der Waals surface area contributed by atoms with Gasteiger partial charge in [-0.3, -0.25) is 14.5 Å². The number of para-hydroxylation sites is 1. The van der Waals surface area contributed by atoms with Gasteiger partial charge in [0.2, 0.25) is 11.8 Å². The molecule has 12 heteroatoms. The second kappa shape index (κ2) is 17.6. The van der Waals surface area contributed by atoms with Crippen molar-refractivity contribution in [2.24, 2.45) is 0 Å². The SMILES string of the molecule is CC(C)(C)OC(=O)NCCNc1ccccc1C1CCN(C(=O)C(Cc2ccc(Cl)cc2)NC(=O)C2Cc3ccccc3CN2C(=O)OC(C)(C)C)CC1. The molecule has 5 rings (SSSR count). The number of anilines is 1. The van der Waals surface area contributed by atoms with E-state index in [0.29, 0.717) is 37.6 Å². The van der Waals surface area contributed by atoms with Gasteiger partial charge in [-0.25, -0.2) is 9.59 Å². The minimum absolute atomic E-state index is 0.170. The van der Waals surface area contributed by atoms with Gasteiger partial charge in [0.15, 0.2) is 0 Å². The number of nitrogens with zero attached hydrogens (tertiary/aromatic N) is 2. The van der Waals surface area contributed by atoms with Crippen LogP contribution in [0.4, 0.5) is 15.3 Å². The molecule has 2 atom stereocenters. The molecule has 54 heavy (non-hydrogen) atoms. The summed E-state index contributed by atoms with van der Waals surface area (Å²) in [7, 11) is 0. The van der Waals surface area contributed by atoms with Crippen LogP contribution in [0.5, 0.6) is 0 Å². The molecule has 3 aromatic carbocycles. The number of ether oxygens (including phenoxy) is 2. The Morgan fingerprint density at radius 1 is 0.815 bits per heavy atom. The number of alkyl carbamates (subject to hydrolysis) is 1. The first kappa shape index (κ1) is 40.4. The van der Waals surface area contributed by atoms with E-state index in [1.165, 1.54) is 4.90 Å². The minimum atomic E-state index is -0.862. The zero-order chi connectivity index (χ0) is 39.0. The van der Waals surface area contributed by atoms with Gasteiger partial charge in [0.1, 0.15) is 23.3 Å². The molecule has 2 unspecified atom stereocenters. The molecule has 0 saturated carbocycles. The van der Waals surface area contributed by atoms with Gasteiger partial charge in [-0.2, -0.15) is 0 Å². The molecule has 0 aromatic heterocycles. The number of rotatable bonds is 10. The third-order valence-electron chi connectivity index (χ3n) is 9.46. The summed E-state index contributed by atoms with van der Waals surface area (Å²) in [5, 5.41) is 9.88. The van der Waals surface area contributed by atoms with Crippen LogP contribution >= 0.6 is 11.6 Å². The van der Waals surface area contributed by atoms with E-state index in [-0.39, 0.29) is 24.8 Å². The summed E-state index contributed by atoms with van der Waals surface area (Å²) >= 11 is 6.17. The Morgan fingerprint density at radius 2 is 1.44 bits per heavy atom. The Morgan fingerprint density at radius 3 is 2.11 bits per heavy atom. The number of carbonyl (C=O) groups is 4. The first-order valence-corrected chi connectivity index (χ1v) is 19.1. The van der Waals surface area contributed by atoms with Crippen molar-refractivity contribution in [2.75, 3.05) is 31.5 Å². The summed E-state index contributed by atoms with van der Waals surface area (Å²) in [5.41, 5.74) is 3.63. The molecule has 0 spiro atoms. The van der Waals surface area contributed by atoms with Gasteiger partial charge in [0, 0.05) is 49.7 Å². The zero-order valence-electron chi connectivity index (χ0n) is 32.2. The van der Waals surface area contributed by atoms with Gasteiger partial charge in [0.25, 0.3) is 0 Å². The fourth-order valence-corrected chi connectivity index (χ4v) is 7.04. The second-order valence-electron chi connectivity index (χ2n) is 16.0. The number of likely N-dealkylation sites (tertiary alicyclic amines) is 1. The number of hydrogen-bond acceptors (Lipinski definition) is 7. The first-order valence-electron chi connectivity index (χ1n) is 18.8. The summed E-state index contributed by atoms with van der Waals surface area (Å²) < 4.78 is 11.1. The molecule has 290 valence electrons. The molecule has 1 saturated heterocycles. The number of piperidine rings is 1. The number of halogens is 1. The van der Waals surface area contributed by atoms with Crippen molar-refractivity contribution in [3.8, 4) is 0 Å². The van der Waals surface area contributed by atoms with Crippen LogP contribution in [0.1, 0.15) is 82.6 Å². The Kier molecular flexibility index (Phi) is 13.2. The Balaban J connectivity index is 1.27. The lowest BCUT2D eigenvalue weighted by atomic mass is 9.88. The highest BCUT2D eigenvalue weighted by molar-refractivity contribution is 6.30. The molecular weight excluding hydrogens is 706 g/mol. The Labute approximate surface area is 324 Å². The molecule has 0 bridgehead atoms. The normalized spacial score (nSPS) is 16.8. The molecule has 0 aliphatic carbocycles. The van der Waals surface area contributed by atoms with Crippen LogP contribution in [0, 0.1) is 0 Å². The summed E-state index contributed by atoms with van der Waals surface area (Å²) in [6.45, 7) is 13.1. The van der Waals surface area contributed by atoms with E-state index in [1.54, 1.807) is 32.9 Å². The van der Waals surface area contributed by atoms with Crippen LogP contribution in [0.3, 0.4) is 0 Å². The van der Waals surface area contributed by atoms with Gasteiger partial charge in [-0.05, 0) is 101 Å². The highest BCUT2D eigenvalue weighted by atomic mass is 35.5. The minimum Gasteiger partial charge on any atom is -0.444 e. The zero-order valence-corrected chi connectivity index (χ0v) is 33.0. The molecule has 2 heterocycles. The summed E-state index contributed by atoms with van der Waals surface area (Å²) in [5.74, 6) is -0.360. The lowest BCUT2D eigenvalue weighted by Crippen LogP contribution is -2.58. The van der Waals surface area contributed by atoms with Gasteiger partial charge < -0.3 is 30.3 Å². The first-order chi connectivity index (χ1) is 25.6. The predicted molar refractivity (Wildman–Crippen MR) is 211 cm³/mol. The lowest BCUT2D eigenvalue weighted by Gasteiger charge is -2.38. The van der Waals surface area contributed by atoms with Crippen LogP contribution in [-0.4, -0.2) is 83.3 Å². The van der Waals surface area contributed by atoms with Crippen LogP contribution in [0.15, 0.2) is 72.8 Å². The van der Waals surface area contributed by atoms with E-state index in [4.69, 9.17) is 21.1 Å². The Hall–Kier alpha value is -4.77. The van der Waals surface area contributed by atoms with Gasteiger partial charge in [-0.15, -0.1) is 0 Å². The number of hydrogen-bond donors (Lipinski definition) is 3. The van der Waals surface area contributed by atoms with Crippen molar-refractivity contribution < 1.29 is 28.7 Å². The number of benzene rings is 3. The third-order valence-corrected chi connectivity index (χ3v) is 9.71. The van der Waals surface area contributed by atoms with Crippen molar-refractivity contribution in [3.63, 3.8) is 0 Å².